The van der Waals surface area contributed by atoms with E-state index in [0.717, 1.165) is 22.3 Å². The van der Waals surface area contributed by atoms with Crippen molar-refractivity contribution in [1.82, 2.24) is 31.3 Å². The Kier molecular flexibility index (Phi) is 5.37. The van der Waals surface area contributed by atoms with Crippen LogP contribution >= 0.6 is 0 Å². The van der Waals surface area contributed by atoms with Crippen LogP contribution in [0.25, 0.3) is 16.7 Å². The number of benzene rings is 3. The van der Waals surface area contributed by atoms with Crippen LogP contribution in [0.5, 0.6) is 0 Å². The molecular formula is C24H22N6O2. The molecular weight excluding hydrogens is 404 g/mol. The number of carbonyl (C=O) groups excluding carboxylic acids is 2. The molecule has 1 aliphatic heterocycles. The number of rotatable bonds is 4. The minimum Gasteiger partial charge on any atom is -0.299 e. The fourth-order valence-electron chi connectivity index (χ4n) is 3.85. The number of fused-ring (bicyclic) bond motifs is 1. The molecule has 0 bridgehead atoms. The number of hydrogen-bond acceptors (Lipinski definition) is 5. The third kappa shape index (κ3) is 3.96. The maximum absolute atomic E-state index is 12.5. The summed E-state index contributed by atoms with van der Waals surface area (Å²) in [6.45, 7) is 0. The van der Waals surface area contributed by atoms with Crippen molar-refractivity contribution in [2.75, 3.05) is 0 Å². The van der Waals surface area contributed by atoms with Crippen molar-refractivity contribution >= 4 is 22.8 Å². The highest BCUT2D eigenvalue weighted by Gasteiger charge is 2.30. The molecule has 0 saturated carbocycles. The monoisotopic (exact) mass is 426 g/mol. The van der Waals surface area contributed by atoms with Gasteiger partial charge in [0.15, 0.2) is 0 Å². The van der Waals surface area contributed by atoms with E-state index >= 15 is 0 Å². The van der Waals surface area contributed by atoms with Crippen LogP contribution in [0.15, 0.2) is 85.2 Å². The zero-order valence-electron chi connectivity index (χ0n) is 17.2. The number of imidazole rings is 1. The number of amides is 2. The van der Waals surface area contributed by atoms with Gasteiger partial charge < -0.3 is 0 Å². The molecule has 8 heteroatoms. The van der Waals surface area contributed by atoms with Gasteiger partial charge in [-0.05, 0) is 48.4 Å². The lowest BCUT2D eigenvalue weighted by molar-refractivity contribution is -0.123. The zero-order chi connectivity index (χ0) is 21.9. The molecule has 0 radical (unpaired) electrons. The molecule has 1 saturated heterocycles. The minimum atomic E-state index is -0.447. The molecule has 2 atom stereocenters. The molecule has 2 heterocycles. The summed E-state index contributed by atoms with van der Waals surface area (Å²) in [7, 11) is 0. The van der Waals surface area contributed by atoms with E-state index in [-0.39, 0.29) is 17.9 Å². The van der Waals surface area contributed by atoms with Gasteiger partial charge in [-0.25, -0.2) is 15.8 Å². The van der Waals surface area contributed by atoms with Crippen molar-refractivity contribution in [2.45, 2.75) is 18.5 Å². The minimum absolute atomic E-state index is 0.0365. The lowest BCUT2D eigenvalue weighted by Gasteiger charge is -2.12. The van der Waals surface area contributed by atoms with Gasteiger partial charge in [0, 0.05) is 17.3 Å². The van der Waals surface area contributed by atoms with Crippen LogP contribution in [0.1, 0.15) is 28.4 Å². The standard InChI is InChI=1S/C24H22N6O2/c31-23(28-29-24(32)21-14-20(26-27-21)16-6-2-1-3-7-16)17-10-12-18(13-11-17)30-15-25-19-8-4-5-9-22(19)30/h1-13,15,20-21,26-27H,14H2,(H,28,31)(H,29,32). The molecule has 4 aromatic rings. The van der Waals surface area contributed by atoms with Crippen LogP contribution in [0.2, 0.25) is 0 Å². The van der Waals surface area contributed by atoms with E-state index in [1.165, 1.54) is 0 Å². The van der Waals surface area contributed by atoms with E-state index in [0.29, 0.717) is 12.0 Å². The summed E-state index contributed by atoms with van der Waals surface area (Å²) in [6.07, 6.45) is 2.34. The third-order valence-electron chi connectivity index (χ3n) is 5.58. The first-order chi connectivity index (χ1) is 15.7. The average molecular weight is 426 g/mol. The number of hydrazine groups is 2. The van der Waals surface area contributed by atoms with E-state index in [1.807, 2.05) is 71.3 Å². The summed E-state index contributed by atoms with van der Waals surface area (Å²) >= 11 is 0. The van der Waals surface area contributed by atoms with E-state index in [2.05, 4.69) is 26.7 Å². The molecule has 3 aromatic carbocycles. The Morgan fingerprint density at radius 3 is 2.44 bits per heavy atom. The summed E-state index contributed by atoms with van der Waals surface area (Å²) in [4.78, 5) is 29.3. The summed E-state index contributed by atoms with van der Waals surface area (Å²) in [5.41, 5.74) is 15.4. The second kappa shape index (κ2) is 8.62. The predicted octanol–water partition coefficient (Wildman–Crippen LogP) is 2.39. The van der Waals surface area contributed by atoms with Crippen molar-refractivity contribution in [1.29, 1.82) is 0 Å². The third-order valence-corrected chi connectivity index (χ3v) is 5.58. The van der Waals surface area contributed by atoms with Crippen molar-refractivity contribution in [3.05, 3.63) is 96.3 Å². The molecule has 160 valence electrons. The van der Waals surface area contributed by atoms with Crippen LogP contribution in [0.3, 0.4) is 0 Å². The largest absolute Gasteiger partial charge is 0.299 e. The van der Waals surface area contributed by atoms with Crippen molar-refractivity contribution in [2.24, 2.45) is 0 Å². The molecule has 0 spiro atoms. The molecule has 2 amide bonds. The lowest BCUT2D eigenvalue weighted by Crippen LogP contribution is -2.50. The van der Waals surface area contributed by atoms with Crippen LogP contribution in [-0.4, -0.2) is 27.4 Å². The van der Waals surface area contributed by atoms with Gasteiger partial charge in [-0.3, -0.25) is 25.0 Å². The van der Waals surface area contributed by atoms with Gasteiger partial charge in [-0.2, -0.15) is 0 Å². The number of nitrogens with zero attached hydrogens (tertiary/aromatic N) is 2. The smallest absolute Gasteiger partial charge is 0.269 e. The van der Waals surface area contributed by atoms with Crippen LogP contribution in [0.4, 0.5) is 0 Å². The Morgan fingerprint density at radius 1 is 0.875 bits per heavy atom. The number of nitrogens with one attached hydrogen (secondary N) is 4. The van der Waals surface area contributed by atoms with Gasteiger partial charge in [-0.1, -0.05) is 42.5 Å². The number of para-hydroxylation sites is 2. The fourth-order valence-corrected chi connectivity index (χ4v) is 3.85. The molecule has 5 rings (SSSR count). The Morgan fingerprint density at radius 2 is 1.62 bits per heavy atom. The van der Waals surface area contributed by atoms with Crippen molar-refractivity contribution in [3.63, 3.8) is 0 Å². The molecule has 2 unspecified atom stereocenters. The molecule has 1 aliphatic rings. The van der Waals surface area contributed by atoms with E-state index in [1.54, 1.807) is 18.5 Å². The fraction of sp³-hybridized carbons (Fsp3) is 0.125. The summed E-state index contributed by atoms with van der Waals surface area (Å²) in [5.74, 6) is -0.684. The SMILES string of the molecule is O=C(NNC(=O)C1CC(c2ccccc2)NN1)c1ccc(-n2cnc3ccccc32)cc1. The Labute approximate surface area is 184 Å². The van der Waals surface area contributed by atoms with E-state index in [4.69, 9.17) is 0 Å². The van der Waals surface area contributed by atoms with Gasteiger partial charge in [0.2, 0.25) is 0 Å². The summed E-state index contributed by atoms with van der Waals surface area (Å²) < 4.78 is 1.96. The second-order valence-electron chi connectivity index (χ2n) is 7.63. The number of carbonyl (C=O) groups is 2. The highest BCUT2D eigenvalue weighted by atomic mass is 16.2. The first kappa shape index (κ1) is 19.9. The lowest BCUT2D eigenvalue weighted by atomic mass is 10.0. The Balaban J connectivity index is 1.18. The number of hydrogen-bond donors (Lipinski definition) is 4. The van der Waals surface area contributed by atoms with E-state index in [9.17, 15) is 9.59 Å². The first-order valence-electron chi connectivity index (χ1n) is 10.4. The molecule has 32 heavy (non-hydrogen) atoms. The van der Waals surface area contributed by atoms with Gasteiger partial charge in [0.05, 0.1) is 11.0 Å². The quantitative estimate of drug-likeness (QED) is 0.376. The normalized spacial score (nSPS) is 17.9. The van der Waals surface area contributed by atoms with Crippen LogP contribution in [-0.2, 0) is 4.79 Å². The Hall–Kier alpha value is -4.01. The maximum Gasteiger partial charge on any atom is 0.269 e. The average Bonchev–Trinajstić information content (AvgIpc) is 3.51. The summed E-state index contributed by atoms with van der Waals surface area (Å²) in [6, 6.07) is 24.5. The maximum atomic E-state index is 12.5. The van der Waals surface area contributed by atoms with Gasteiger partial charge in [-0.15, -0.1) is 0 Å². The van der Waals surface area contributed by atoms with E-state index < -0.39 is 6.04 Å². The zero-order valence-corrected chi connectivity index (χ0v) is 17.2. The number of aromatic nitrogens is 2. The summed E-state index contributed by atoms with van der Waals surface area (Å²) in [5, 5.41) is 0. The Bertz CT molecular complexity index is 1250. The second-order valence-corrected chi connectivity index (χ2v) is 7.63. The van der Waals surface area contributed by atoms with Gasteiger partial charge >= 0.3 is 0 Å². The van der Waals surface area contributed by atoms with Crippen molar-refractivity contribution in [3.8, 4) is 5.69 Å². The van der Waals surface area contributed by atoms with Crippen molar-refractivity contribution < 1.29 is 9.59 Å². The van der Waals surface area contributed by atoms with Gasteiger partial charge in [0.1, 0.15) is 12.4 Å². The topological polar surface area (TPSA) is 100 Å². The van der Waals surface area contributed by atoms with Crippen LogP contribution < -0.4 is 21.7 Å². The molecule has 4 N–H and O–H groups in total. The molecule has 8 nitrogen and oxygen atoms in total. The molecule has 1 aromatic heterocycles. The van der Waals surface area contributed by atoms with Gasteiger partial charge in [0.25, 0.3) is 11.8 Å². The molecule has 1 fully saturated rings. The molecule has 0 aliphatic carbocycles. The highest BCUT2D eigenvalue weighted by molar-refractivity contribution is 5.96. The predicted molar refractivity (Wildman–Crippen MR) is 121 cm³/mol. The highest BCUT2D eigenvalue weighted by Crippen LogP contribution is 2.22. The first-order valence-corrected chi connectivity index (χ1v) is 10.4. The van der Waals surface area contributed by atoms with Crippen LogP contribution in [0, 0.1) is 0 Å².